The van der Waals surface area contributed by atoms with Crippen molar-refractivity contribution in [2.24, 2.45) is 0 Å². The minimum Gasteiger partial charge on any atom is -0.354 e. The molecule has 0 aliphatic rings. The molecule has 0 atom stereocenters. The summed E-state index contributed by atoms with van der Waals surface area (Å²) in [6, 6.07) is 8.92. The number of nitrogens with one attached hydrogen (secondary N) is 1. The molecule has 0 heterocycles. The van der Waals surface area contributed by atoms with Crippen LogP contribution in [0, 0.1) is 0 Å². The van der Waals surface area contributed by atoms with Crippen LogP contribution >= 0.6 is 0 Å². The largest absolute Gasteiger partial charge is 0.354 e. The fraction of sp³-hybridized carbons (Fsp3) is 0.385. The van der Waals surface area contributed by atoms with Gasteiger partial charge in [0.05, 0.1) is 6.54 Å². The number of benzene rings is 1. The Bertz CT molecular complexity index is 418. The third-order valence-electron chi connectivity index (χ3n) is 2.60. The number of nitrogens with zero attached hydrogens (tertiary/aromatic N) is 1. The van der Waals surface area contributed by atoms with Gasteiger partial charge in [-0.1, -0.05) is 18.2 Å². The van der Waals surface area contributed by atoms with E-state index in [9.17, 15) is 9.59 Å². The molecule has 0 radical (unpaired) electrons. The van der Waals surface area contributed by atoms with Crippen molar-refractivity contribution in [3.05, 3.63) is 30.3 Å². The minimum absolute atomic E-state index is 0.111. The van der Waals surface area contributed by atoms with Crippen LogP contribution in [0.15, 0.2) is 30.3 Å². The molecule has 0 aliphatic heterocycles. The zero-order valence-corrected chi connectivity index (χ0v) is 11.3. The number of carbonyl (C=O) groups excluding carboxylic acids is 2. The second-order valence-electron chi connectivity index (χ2n) is 3.81. The highest BCUT2D eigenvalue weighted by Gasteiger charge is 2.20. The van der Waals surface area contributed by atoms with E-state index in [-0.39, 0.29) is 6.54 Å². The van der Waals surface area contributed by atoms with Crippen molar-refractivity contribution in [3.63, 3.8) is 0 Å². The van der Waals surface area contributed by atoms with Gasteiger partial charge >= 0.3 is 11.8 Å². The number of hydrogen-bond acceptors (Lipinski definition) is 4. The van der Waals surface area contributed by atoms with Crippen molar-refractivity contribution in [2.75, 3.05) is 32.7 Å². The van der Waals surface area contributed by atoms with E-state index in [1.807, 2.05) is 6.07 Å². The summed E-state index contributed by atoms with van der Waals surface area (Å²) in [5, 5.41) is 2.45. The van der Waals surface area contributed by atoms with Crippen molar-refractivity contribution < 1.29 is 19.1 Å². The maximum atomic E-state index is 11.9. The number of carbonyl (C=O) groups is 2. The Morgan fingerprint density at radius 3 is 2.32 bits per heavy atom. The van der Waals surface area contributed by atoms with Gasteiger partial charge in [-0.15, -0.1) is 0 Å². The number of anilines is 1. The Balaban J connectivity index is 2.55. The lowest BCUT2D eigenvalue weighted by atomic mass is 10.3. The van der Waals surface area contributed by atoms with E-state index in [1.54, 1.807) is 31.3 Å². The number of ether oxygens (including phenoxy) is 2. The smallest absolute Gasteiger partial charge is 0.316 e. The Morgan fingerprint density at radius 1 is 1.21 bits per heavy atom. The first-order valence-corrected chi connectivity index (χ1v) is 5.76. The van der Waals surface area contributed by atoms with Crippen LogP contribution in [0.4, 0.5) is 5.69 Å². The van der Waals surface area contributed by atoms with Gasteiger partial charge in [-0.3, -0.25) is 9.59 Å². The summed E-state index contributed by atoms with van der Waals surface area (Å²) in [5.41, 5.74) is 0.651. The van der Waals surface area contributed by atoms with Crippen LogP contribution in [-0.4, -0.2) is 45.9 Å². The molecule has 2 amide bonds. The Labute approximate surface area is 112 Å². The fourth-order valence-corrected chi connectivity index (χ4v) is 1.44. The van der Waals surface area contributed by atoms with Crippen molar-refractivity contribution in [1.29, 1.82) is 0 Å². The molecule has 0 unspecified atom stereocenters. The second-order valence-corrected chi connectivity index (χ2v) is 3.81. The van der Waals surface area contributed by atoms with E-state index < -0.39 is 18.1 Å². The van der Waals surface area contributed by atoms with Gasteiger partial charge in [0.1, 0.15) is 0 Å². The summed E-state index contributed by atoms with van der Waals surface area (Å²) in [5.74, 6) is -1.34. The Hall–Kier alpha value is -1.92. The molecule has 1 N–H and O–H groups in total. The molecular formula is C13H18N2O4. The van der Waals surface area contributed by atoms with Crippen LogP contribution in [0.25, 0.3) is 0 Å². The molecule has 0 saturated carbocycles. The van der Waals surface area contributed by atoms with E-state index in [2.05, 4.69) is 5.32 Å². The van der Waals surface area contributed by atoms with Gasteiger partial charge in [0, 0.05) is 27.0 Å². The molecule has 6 nitrogen and oxygen atoms in total. The molecule has 0 fully saturated rings. The topological polar surface area (TPSA) is 67.9 Å². The summed E-state index contributed by atoms with van der Waals surface area (Å²) in [6.07, 6.45) is -0.571. The summed E-state index contributed by atoms with van der Waals surface area (Å²) in [6.45, 7) is 0.111. The standard InChI is InChI=1S/C13H18N2O4/c1-15(10-7-5-4-6-8-10)13(17)12(16)14-9-11(18-2)19-3/h4-8,11H,9H2,1-3H3,(H,14,16). The zero-order chi connectivity index (χ0) is 14.3. The van der Waals surface area contributed by atoms with Crippen LogP contribution in [0.3, 0.4) is 0 Å². The van der Waals surface area contributed by atoms with E-state index >= 15 is 0 Å². The van der Waals surface area contributed by atoms with Gasteiger partial charge in [0.15, 0.2) is 6.29 Å². The molecule has 0 spiro atoms. The van der Waals surface area contributed by atoms with Gasteiger partial charge < -0.3 is 19.7 Å². The van der Waals surface area contributed by atoms with E-state index in [0.717, 1.165) is 0 Å². The van der Waals surface area contributed by atoms with Crippen LogP contribution in [-0.2, 0) is 19.1 Å². The van der Waals surface area contributed by atoms with Crippen LogP contribution in [0.5, 0.6) is 0 Å². The van der Waals surface area contributed by atoms with Gasteiger partial charge in [-0.25, -0.2) is 0 Å². The summed E-state index contributed by atoms with van der Waals surface area (Å²) >= 11 is 0. The van der Waals surface area contributed by atoms with Crippen LogP contribution in [0.2, 0.25) is 0 Å². The molecule has 104 valence electrons. The first-order valence-electron chi connectivity index (χ1n) is 5.76. The quantitative estimate of drug-likeness (QED) is 0.618. The van der Waals surface area contributed by atoms with E-state index in [0.29, 0.717) is 5.69 Å². The number of para-hydroxylation sites is 1. The predicted molar refractivity (Wildman–Crippen MR) is 70.7 cm³/mol. The predicted octanol–water partition coefficient (Wildman–Crippen LogP) is 0.384. The van der Waals surface area contributed by atoms with Crippen LogP contribution in [0.1, 0.15) is 0 Å². The summed E-state index contributed by atoms with van der Waals surface area (Å²) in [4.78, 5) is 24.8. The SMILES string of the molecule is COC(CNC(=O)C(=O)N(C)c1ccccc1)OC. The zero-order valence-electron chi connectivity index (χ0n) is 11.3. The molecule has 0 aromatic heterocycles. The average molecular weight is 266 g/mol. The lowest BCUT2D eigenvalue weighted by molar-refractivity contribution is -0.140. The molecule has 1 rings (SSSR count). The molecule has 0 saturated heterocycles. The van der Waals surface area contributed by atoms with Crippen LogP contribution < -0.4 is 10.2 Å². The maximum Gasteiger partial charge on any atom is 0.316 e. The van der Waals surface area contributed by atoms with Crippen molar-refractivity contribution >= 4 is 17.5 Å². The van der Waals surface area contributed by atoms with Crippen molar-refractivity contribution in [1.82, 2.24) is 5.32 Å². The molecule has 1 aromatic carbocycles. The van der Waals surface area contributed by atoms with E-state index in [4.69, 9.17) is 9.47 Å². The lowest BCUT2D eigenvalue weighted by Crippen LogP contribution is -2.44. The maximum absolute atomic E-state index is 11.9. The molecule has 0 bridgehead atoms. The normalized spacial score (nSPS) is 10.3. The number of methoxy groups -OCH3 is 2. The number of hydrogen-bond donors (Lipinski definition) is 1. The number of amides is 2. The van der Waals surface area contributed by atoms with Crippen molar-refractivity contribution in [2.45, 2.75) is 6.29 Å². The first kappa shape index (κ1) is 15.1. The van der Waals surface area contributed by atoms with Crippen molar-refractivity contribution in [3.8, 4) is 0 Å². The third-order valence-corrected chi connectivity index (χ3v) is 2.60. The van der Waals surface area contributed by atoms with Gasteiger partial charge in [-0.05, 0) is 12.1 Å². The van der Waals surface area contributed by atoms with Gasteiger partial charge in [-0.2, -0.15) is 0 Å². The highest BCUT2D eigenvalue weighted by Crippen LogP contribution is 2.10. The van der Waals surface area contributed by atoms with E-state index in [1.165, 1.54) is 19.1 Å². The highest BCUT2D eigenvalue weighted by atomic mass is 16.7. The summed E-state index contributed by atoms with van der Waals surface area (Å²) < 4.78 is 9.83. The highest BCUT2D eigenvalue weighted by molar-refractivity contribution is 6.40. The fourth-order valence-electron chi connectivity index (χ4n) is 1.44. The number of rotatable bonds is 5. The Kier molecular flexibility index (Phi) is 5.98. The molecule has 19 heavy (non-hydrogen) atoms. The third kappa shape index (κ3) is 4.35. The molecular weight excluding hydrogens is 248 g/mol. The number of likely N-dealkylation sites (N-methyl/N-ethyl adjacent to an activating group) is 1. The summed E-state index contributed by atoms with van der Waals surface area (Å²) in [7, 11) is 4.46. The lowest BCUT2D eigenvalue weighted by Gasteiger charge is -2.18. The first-order chi connectivity index (χ1) is 9.10. The monoisotopic (exact) mass is 266 g/mol. The molecule has 1 aromatic rings. The second kappa shape index (κ2) is 7.50. The Morgan fingerprint density at radius 2 is 1.79 bits per heavy atom. The van der Waals surface area contributed by atoms with Gasteiger partial charge in [0.25, 0.3) is 0 Å². The van der Waals surface area contributed by atoms with Gasteiger partial charge in [0.2, 0.25) is 0 Å². The average Bonchev–Trinajstić information content (AvgIpc) is 2.47. The molecule has 6 heteroatoms. The minimum atomic E-state index is -0.703. The molecule has 0 aliphatic carbocycles.